The van der Waals surface area contributed by atoms with Crippen molar-refractivity contribution in [3.63, 3.8) is 0 Å². The van der Waals surface area contributed by atoms with Gasteiger partial charge in [-0.2, -0.15) is 0 Å². The van der Waals surface area contributed by atoms with E-state index in [2.05, 4.69) is 9.97 Å². The van der Waals surface area contributed by atoms with Crippen molar-refractivity contribution in [2.75, 3.05) is 13.7 Å². The predicted molar refractivity (Wildman–Crippen MR) is 87.5 cm³/mol. The lowest BCUT2D eigenvalue weighted by molar-refractivity contribution is -0.139. The van der Waals surface area contributed by atoms with E-state index in [1.807, 2.05) is 6.07 Å². The summed E-state index contributed by atoms with van der Waals surface area (Å²) in [5.41, 5.74) is 0.972. The van der Waals surface area contributed by atoms with Gasteiger partial charge in [-0.1, -0.05) is 12.1 Å². The lowest BCUT2D eigenvalue weighted by atomic mass is 10.1. The number of nitrogens with one attached hydrogen (secondary N) is 1. The lowest BCUT2D eigenvalue weighted by Crippen LogP contribution is -2.11. The Labute approximate surface area is 136 Å². The third-order valence-electron chi connectivity index (χ3n) is 3.40. The van der Waals surface area contributed by atoms with Gasteiger partial charge in [-0.15, -0.1) is 0 Å². The summed E-state index contributed by atoms with van der Waals surface area (Å²) in [6, 6.07) is 11.9. The first kappa shape index (κ1) is 15.5. The first-order chi connectivity index (χ1) is 11.6. The van der Waals surface area contributed by atoms with Gasteiger partial charge in [0.05, 0.1) is 18.0 Å². The number of methoxy groups -OCH3 is 1. The number of H-pyrrole nitrogens is 1. The molecule has 0 unspecified atom stereocenters. The van der Waals surface area contributed by atoms with Crippen LogP contribution >= 0.6 is 0 Å². The molecule has 0 amide bonds. The number of aromatic nitrogens is 2. The van der Waals surface area contributed by atoms with Crippen molar-refractivity contribution in [2.45, 2.75) is 0 Å². The molecule has 0 aliphatic rings. The molecule has 0 aliphatic heterocycles. The molecule has 0 atom stereocenters. The summed E-state index contributed by atoms with van der Waals surface area (Å²) >= 11 is 0. The van der Waals surface area contributed by atoms with Crippen LogP contribution in [0.2, 0.25) is 0 Å². The highest BCUT2D eigenvalue weighted by Crippen LogP contribution is 2.31. The van der Waals surface area contributed by atoms with Gasteiger partial charge in [-0.05, 0) is 30.3 Å². The van der Waals surface area contributed by atoms with E-state index in [1.54, 1.807) is 36.4 Å². The van der Waals surface area contributed by atoms with E-state index in [9.17, 15) is 9.59 Å². The Balaban J connectivity index is 2.03. The fourth-order valence-corrected chi connectivity index (χ4v) is 2.30. The third-order valence-corrected chi connectivity index (χ3v) is 3.40. The van der Waals surface area contributed by atoms with Gasteiger partial charge in [0.2, 0.25) is 0 Å². The van der Waals surface area contributed by atoms with E-state index in [1.165, 1.54) is 7.11 Å². The number of benzene rings is 2. The average molecular weight is 326 g/mol. The van der Waals surface area contributed by atoms with Crippen molar-refractivity contribution < 1.29 is 19.4 Å². The zero-order chi connectivity index (χ0) is 17.1. The number of para-hydroxylation sites is 1. The molecule has 24 heavy (non-hydrogen) atoms. The molecular formula is C17H14N2O5. The van der Waals surface area contributed by atoms with Crippen molar-refractivity contribution in [1.82, 2.24) is 9.97 Å². The minimum atomic E-state index is -1.08. The summed E-state index contributed by atoms with van der Waals surface area (Å²) in [5.74, 6) is -0.0419. The number of nitrogens with zero attached hydrogens (tertiary/aromatic N) is 1. The molecule has 7 nitrogen and oxygen atoms in total. The molecule has 3 rings (SSSR count). The number of rotatable bonds is 5. The van der Waals surface area contributed by atoms with Crippen LogP contribution in [0.25, 0.3) is 22.3 Å². The Morgan fingerprint density at radius 1 is 1.21 bits per heavy atom. The quantitative estimate of drug-likeness (QED) is 0.744. The van der Waals surface area contributed by atoms with Gasteiger partial charge in [0.1, 0.15) is 5.82 Å². The van der Waals surface area contributed by atoms with E-state index in [-0.39, 0.29) is 5.56 Å². The summed E-state index contributed by atoms with van der Waals surface area (Å²) in [7, 11) is 1.45. The van der Waals surface area contributed by atoms with E-state index in [4.69, 9.17) is 14.6 Å². The van der Waals surface area contributed by atoms with Crippen LogP contribution in [0.15, 0.2) is 47.3 Å². The minimum Gasteiger partial charge on any atom is -0.493 e. The van der Waals surface area contributed by atoms with Crippen LogP contribution in [0.3, 0.4) is 0 Å². The fraction of sp³-hybridized carbons (Fsp3) is 0.118. The number of aromatic amines is 1. The molecule has 0 aliphatic carbocycles. The van der Waals surface area contributed by atoms with Crippen molar-refractivity contribution in [3.05, 3.63) is 52.8 Å². The number of hydrogen-bond donors (Lipinski definition) is 2. The second kappa shape index (κ2) is 6.41. The van der Waals surface area contributed by atoms with E-state index < -0.39 is 12.6 Å². The summed E-state index contributed by atoms with van der Waals surface area (Å²) in [4.78, 5) is 29.9. The van der Waals surface area contributed by atoms with Crippen LogP contribution in [0.5, 0.6) is 11.5 Å². The molecule has 0 saturated heterocycles. The van der Waals surface area contributed by atoms with Crippen LogP contribution in [-0.4, -0.2) is 34.8 Å². The summed E-state index contributed by atoms with van der Waals surface area (Å²) in [5, 5.41) is 9.20. The van der Waals surface area contributed by atoms with E-state index in [0.29, 0.717) is 33.8 Å². The zero-order valence-corrected chi connectivity index (χ0v) is 12.8. The van der Waals surface area contributed by atoms with Crippen molar-refractivity contribution in [2.24, 2.45) is 0 Å². The normalized spacial score (nSPS) is 10.5. The topological polar surface area (TPSA) is 102 Å². The van der Waals surface area contributed by atoms with Crippen LogP contribution in [0.1, 0.15) is 0 Å². The molecular weight excluding hydrogens is 312 g/mol. The van der Waals surface area contributed by atoms with E-state index >= 15 is 0 Å². The average Bonchev–Trinajstić information content (AvgIpc) is 2.59. The Kier molecular flexibility index (Phi) is 4.15. The fourth-order valence-electron chi connectivity index (χ4n) is 2.30. The maximum absolute atomic E-state index is 12.2. The highest BCUT2D eigenvalue weighted by atomic mass is 16.5. The molecule has 1 heterocycles. The largest absolute Gasteiger partial charge is 0.493 e. The first-order valence-electron chi connectivity index (χ1n) is 7.10. The minimum absolute atomic E-state index is 0.235. The molecule has 2 N–H and O–H groups in total. The lowest BCUT2D eigenvalue weighted by Gasteiger charge is -2.11. The molecule has 122 valence electrons. The predicted octanol–water partition coefficient (Wildman–Crippen LogP) is 2.06. The zero-order valence-electron chi connectivity index (χ0n) is 12.8. The maximum atomic E-state index is 12.2. The van der Waals surface area contributed by atoms with Gasteiger partial charge in [0.15, 0.2) is 18.1 Å². The van der Waals surface area contributed by atoms with Crippen molar-refractivity contribution in [1.29, 1.82) is 0 Å². The molecule has 7 heteroatoms. The molecule has 2 aromatic carbocycles. The van der Waals surface area contributed by atoms with Gasteiger partial charge in [-0.25, -0.2) is 9.78 Å². The standard InChI is InChI=1S/C17H14N2O5/c1-23-14-8-10(6-7-13(14)24-9-15(20)21)16-18-12-5-3-2-4-11(12)17(22)19-16/h2-8H,9H2,1H3,(H,20,21)(H,18,19,22). The van der Waals surface area contributed by atoms with Crippen LogP contribution in [0.4, 0.5) is 0 Å². The molecule has 1 aromatic heterocycles. The smallest absolute Gasteiger partial charge is 0.341 e. The van der Waals surface area contributed by atoms with Gasteiger partial charge in [0.25, 0.3) is 5.56 Å². The number of hydrogen-bond acceptors (Lipinski definition) is 5. The maximum Gasteiger partial charge on any atom is 0.341 e. The molecule has 0 bridgehead atoms. The van der Waals surface area contributed by atoms with Crippen LogP contribution in [0, 0.1) is 0 Å². The van der Waals surface area contributed by atoms with Crippen molar-refractivity contribution >= 4 is 16.9 Å². The first-order valence-corrected chi connectivity index (χ1v) is 7.10. The Bertz CT molecular complexity index is 965. The number of aliphatic carboxylic acids is 1. The Morgan fingerprint density at radius 2 is 2.00 bits per heavy atom. The molecule has 0 spiro atoms. The highest BCUT2D eigenvalue weighted by molar-refractivity contribution is 5.79. The summed E-state index contributed by atoms with van der Waals surface area (Å²) < 4.78 is 10.4. The van der Waals surface area contributed by atoms with E-state index in [0.717, 1.165) is 0 Å². The molecule has 0 saturated carbocycles. The van der Waals surface area contributed by atoms with Crippen molar-refractivity contribution in [3.8, 4) is 22.9 Å². The number of carboxylic acid groups (broad SMARTS) is 1. The Morgan fingerprint density at radius 3 is 2.75 bits per heavy atom. The molecule has 0 fully saturated rings. The molecule has 0 radical (unpaired) electrons. The van der Waals surface area contributed by atoms with Gasteiger partial charge in [0, 0.05) is 5.56 Å². The second-order valence-corrected chi connectivity index (χ2v) is 4.98. The third kappa shape index (κ3) is 3.05. The number of carboxylic acids is 1. The van der Waals surface area contributed by atoms with Gasteiger partial charge < -0.3 is 19.6 Å². The summed E-state index contributed by atoms with van der Waals surface area (Å²) in [6.07, 6.45) is 0. The molecule has 3 aromatic rings. The van der Waals surface area contributed by atoms with Gasteiger partial charge in [-0.3, -0.25) is 4.79 Å². The Hall–Kier alpha value is -3.35. The second-order valence-electron chi connectivity index (χ2n) is 4.98. The SMILES string of the molecule is COc1cc(-c2nc3ccccc3c(=O)[nH]2)ccc1OCC(=O)O. The highest BCUT2D eigenvalue weighted by Gasteiger charge is 2.11. The van der Waals surface area contributed by atoms with Crippen LogP contribution in [-0.2, 0) is 4.79 Å². The number of ether oxygens (including phenoxy) is 2. The summed E-state index contributed by atoms with van der Waals surface area (Å²) in [6.45, 7) is -0.471. The number of fused-ring (bicyclic) bond motifs is 1. The number of carbonyl (C=O) groups is 1. The monoisotopic (exact) mass is 326 g/mol. The van der Waals surface area contributed by atoms with Gasteiger partial charge >= 0.3 is 5.97 Å². The van der Waals surface area contributed by atoms with Crippen LogP contribution < -0.4 is 15.0 Å².